The molecule has 2 saturated carbocycles. The van der Waals surface area contributed by atoms with E-state index >= 15 is 0 Å². The van der Waals surface area contributed by atoms with Crippen LogP contribution in [0.3, 0.4) is 0 Å². The van der Waals surface area contributed by atoms with Gasteiger partial charge in [-0.05, 0) is 92.3 Å². The van der Waals surface area contributed by atoms with Gasteiger partial charge in [0.05, 0.1) is 13.7 Å². The van der Waals surface area contributed by atoms with Crippen molar-refractivity contribution in [2.45, 2.75) is 88.3 Å². The minimum absolute atomic E-state index is 0. The number of rotatable bonds is 8. The fourth-order valence-electron chi connectivity index (χ4n) is 6.39. The third-order valence-electron chi connectivity index (χ3n) is 8.45. The van der Waals surface area contributed by atoms with E-state index in [0.717, 1.165) is 31.6 Å². The number of aromatic nitrogens is 1. The van der Waals surface area contributed by atoms with E-state index in [2.05, 4.69) is 51.3 Å². The van der Waals surface area contributed by atoms with E-state index in [4.69, 9.17) is 17.0 Å². The molecule has 0 saturated heterocycles. The van der Waals surface area contributed by atoms with Gasteiger partial charge in [-0.1, -0.05) is 37.5 Å². The fourth-order valence-corrected chi connectivity index (χ4v) is 6.39. The average Bonchev–Trinajstić information content (AvgIpc) is 3.31. The molecule has 206 valence electrons. The van der Waals surface area contributed by atoms with Crippen LogP contribution in [0.25, 0.3) is 15.7 Å². The molecule has 0 bridgehead atoms. The second kappa shape index (κ2) is 14.2. The van der Waals surface area contributed by atoms with Gasteiger partial charge < -0.3 is 20.4 Å². The summed E-state index contributed by atoms with van der Waals surface area (Å²) in [6.45, 7) is 8.60. The molecule has 3 N–H and O–H groups in total. The first kappa shape index (κ1) is 30.3. The van der Waals surface area contributed by atoms with Crippen LogP contribution in [0.2, 0.25) is 0 Å². The summed E-state index contributed by atoms with van der Waals surface area (Å²) in [4.78, 5) is 3.77. The smallest absolute Gasteiger partial charge is 0.187 e. The Labute approximate surface area is 240 Å². The van der Waals surface area contributed by atoms with E-state index in [1.165, 1.54) is 67.0 Å². The zero-order valence-corrected chi connectivity index (χ0v) is 24.0. The van der Waals surface area contributed by atoms with E-state index in [-0.39, 0.29) is 30.7 Å². The second-order valence-electron chi connectivity index (χ2n) is 10.8. The molecular formula is C31H42Cl2N4O. The van der Waals surface area contributed by atoms with Gasteiger partial charge in [0.1, 0.15) is 5.75 Å². The van der Waals surface area contributed by atoms with Crippen molar-refractivity contribution in [2.24, 2.45) is 5.73 Å². The van der Waals surface area contributed by atoms with Crippen LogP contribution in [0.4, 0.5) is 5.69 Å². The predicted octanol–water partition coefficient (Wildman–Crippen LogP) is 7.93. The van der Waals surface area contributed by atoms with Gasteiger partial charge in [0.15, 0.2) is 5.69 Å². The maximum Gasteiger partial charge on any atom is 0.187 e. The molecule has 1 atom stereocenters. The molecule has 38 heavy (non-hydrogen) atoms. The van der Waals surface area contributed by atoms with Crippen molar-refractivity contribution in [3.63, 3.8) is 0 Å². The van der Waals surface area contributed by atoms with Crippen molar-refractivity contribution in [1.82, 2.24) is 9.88 Å². The molecule has 0 spiro atoms. The Balaban J connectivity index is 0.00000200. The lowest BCUT2D eigenvalue weighted by Gasteiger charge is -2.28. The number of hydrogen-bond acceptors (Lipinski definition) is 3. The Bertz CT molecular complexity index is 1210. The monoisotopic (exact) mass is 556 g/mol. The molecule has 2 aromatic carbocycles. The first-order valence-electron chi connectivity index (χ1n) is 13.8. The van der Waals surface area contributed by atoms with Crippen molar-refractivity contribution in [3.05, 3.63) is 71.2 Å². The number of fused-ring (bicyclic) bond motifs is 1. The number of benzene rings is 2. The van der Waals surface area contributed by atoms with Crippen molar-refractivity contribution >= 4 is 41.4 Å². The molecule has 3 aromatic rings. The maximum atomic E-state index is 7.64. The molecule has 1 unspecified atom stereocenters. The molecule has 0 amide bonds. The minimum atomic E-state index is 0. The molecule has 5 nitrogen and oxygen atoms in total. The Hall–Kier alpha value is -2.23. The highest BCUT2D eigenvalue weighted by Crippen LogP contribution is 2.40. The van der Waals surface area contributed by atoms with Gasteiger partial charge in [-0.15, -0.1) is 24.8 Å². The lowest BCUT2D eigenvalue weighted by atomic mass is 9.87. The Morgan fingerprint density at radius 2 is 1.79 bits per heavy atom. The zero-order valence-electron chi connectivity index (χ0n) is 22.4. The largest absolute Gasteiger partial charge is 0.497 e. The summed E-state index contributed by atoms with van der Waals surface area (Å²) in [5.41, 5.74) is 10.7. The highest BCUT2D eigenvalue weighted by Gasteiger charge is 2.25. The van der Waals surface area contributed by atoms with Gasteiger partial charge >= 0.3 is 0 Å². The van der Waals surface area contributed by atoms with Crippen LogP contribution >= 0.6 is 24.8 Å². The van der Waals surface area contributed by atoms with Gasteiger partial charge in [-0.25, -0.2) is 4.85 Å². The fraction of sp³-hybridized carbons (Fsp3) is 0.516. The van der Waals surface area contributed by atoms with Gasteiger partial charge in [-0.3, -0.25) is 0 Å². The number of halogens is 2. The summed E-state index contributed by atoms with van der Waals surface area (Å²) in [7, 11) is 1.74. The third-order valence-corrected chi connectivity index (χ3v) is 8.45. The van der Waals surface area contributed by atoms with Crippen molar-refractivity contribution in [1.29, 1.82) is 0 Å². The summed E-state index contributed by atoms with van der Waals surface area (Å²) in [6.07, 6.45) is 14.4. The van der Waals surface area contributed by atoms with E-state index in [9.17, 15) is 0 Å². The Morgan fingerprint density at radius 3 is 2.50 bits per heavy atom. The number of ether oxygens (including phenoxy) is 1. The van der Waals surface area contributed by atoms with Crippen LogP contribution < -0.4 is 15.8 Å². The van der Waals surface area contributed by atoms with Crippen molar-refractivity contribution in [2.75, 3.05) is 13.7 Å². The molecular weight excluding hydrogens is 515 g/mol. The van der Waals surface area contributed by atoms with Gasteiger partial charge in [-0.2, -0.15) is 0 Å². The van der Waals surface area contributed by atoms with E-state index < -0.39 is 0 Å². The minimum Gasteiger partial charge on any atom is -0.497 e. The molecule has 2 aliphatic carbocycles. The lowest BCUT2D eigenvalue weighted by molar-refractivity contribution is 0.340. The van der Waals surface area contributed by atoms with Crippen LogP contribution in [0.15, 0.2) is 48.7 Å². The number of nitrogens with two attached hydrogens (primary N) is 1. The topological polar surface area (TPSA) is 56.6 Å². The SMILES string of the molecule is Cl.Cl.[C-]#[N+]c1ccc2c(c1)c(C(CCNC1CCC(N)CC1)c1cccc(OC)c1)cn2C1CCCCC1. The summed E-state index contributed by atoms with van der Waals surface area (Å²) in [5.74, 6) is 1.12. The molecule has 1 aromatic heterocycles. The number of hydrogen-bond donors (Lipinski definition) is 2. The number of nitrogens with zero attached hydrogens (tertiary/aromatic N) is 2. The first-order chi connectivity index (χ1) is 17.7. The van der Waals surface area contributed by atoms with Crippen LogP contribution in [0.5, 0.6) is 5.75 Å². The van der Waals surface area contributed by atoms with E-state index in [0.29, 0.717) is 23.8 Å². The van der Waals surface area contributed by atoms with Gasteiger partial charge in [0, 0.05) is 35.8 Å². The summed E-state index contributed by atoms with van der Waals surface area (Å²) in [6, 6.07) is 16.3. The van der Waals surface area contributed by atoms with Gasteiger partial charge in [0.2, 0.25) is 0 Å². The lowest BCUT2D eigenvalue weighted by Crippen LogP contribution is -2.38. The standard InChI is InChI=1S/C31H40N4O.2ClH/c1-33-25-15-16-31-29(20-25)30(21-35(31)26-8-4-3-5-9-26)28(22-7-6-10-27(19-22)36-2)17-18-34-24-13-11-23(32)12-14-24;;/h6-7,10,15-16,19-21,23-24,26,28,34H,3-5,8-9,11-14,17-18,32H2,2H3;2*1H. The maximum absolute atomic E-state index is 7.64. The van der Waals surface area contributed by atoms with Crippen LogP contribution in [-0.4, -0.2) is 30.3 Å². The zero-order chi connectivity index (χ0) is 24.9. The normalized spacial score (nSPS) is 20.7. The molecule has 0 aliphatic heterocycles. The average molecular weight is 558 g/mol. The van der Waals surface area contributed by atoms with E-state index in [1.807, 2.05) is 12.1 Å². The van der Waals surface area contributed by atoms with Crippen molar-refractivity contribution in [3.8, 4) is 5.75 Å². The molecule has 2 fully saturated rings. The van der Waals surface area contributed by atoms with Crippen LogP contribution in [0.1, 0.15) is 87.3 Å². The number of methoxy groups -OCH3 is 1. The van der Waals surface area contributed by atoms with Crippen LogP contribution in [0, 0.1) is 6.57 Å². The molecule has 5 rings (SSSR count). The summed E-state index contributed by atoms with van der Waals surface area (Å²) >= 11 is 0. The summed E-state index contributed by atoms with van der Waals surface area (Å²) < 4.78 is 8.13. The van der Waals surface area contributed by atoms with Crippen LogP contribution in [-0.2, 0) is 0 Å². The first-order valence-corrected chi connectivity index (χ1v) is 13.8. The summed E-state index contributed by atoms with van der Waals surface area (Å²) in [5, 5.41) is 5.07. The quantitative estimate of drug-likeness (QED) is 0.277. The molecule has 7 heteroatoms. The Morgan fingerprint density at radius 1 is 1.03 bits per heavy atom. The second-order valence-corrected chi connectivity index (χ2v) is 10.8. The van der Waals surface area contributed by atoms with E-state index in [1.54, 1.807) is 7.11 Å². The molecule has 1 heterocycles. The third kappa shape index (κ3) is 6.85. The highest BCUT2D eigenvalue weighted by atomic mass is 35.5. The molecule has 2 aliphatic rings. The molecule has 0 radical (unpaired) electrons. The van der Waals surface area contributed by atoms with Crippen molar-refractivity contribution < 1.29 is 4.74 Å². The predicted molar refractivity (Wildman–Crippen MR) is 163 cm³/mol. The number of nitrogens with one attached hydrogen (secondary N) is 1. The van der Waals surface area contributed by atoms with Gasteiger partial charge in [0.25, 0.3) is 0 Å². The Kier molecular flexibility index (Phi) is 11.4. The highest BCUT2D eigenvalue weighted by molar-refractivity contribution is 5.88.